The summed E-state index contributed by atoms with van der Waals surface area (Å²) >= 11 is 5.17. The van der Waals surface area contributed by atoms with Crippen LogP contribution in [0.3, 0.4) is 0 Å². The van der Waals surface area contributed by atoms with Gasteiger partial charge in [-0.2, -0.15) is 0 Å². The molecule has 0 bridgehead atoms. The van der Waals surface area contributed by atoms with Crippen LogP contribution < -0.4 is 5.32 Å². The Bertz CT molecular complexity index is 460. The highest BCUT2D eigenvalue weighted by Gasteiger charge is 2.22. The first-order valence-electron chi connectivity index (χ1n) is 7.53. The molecular weight excluding hydrogens is 350 g/mol. The number of nitrogens with zero attached hydrogens (tertiary/aromatic N) is 2. The molecule has 4 nitrogen and oxygen atoms in total. The van der Waals surface area contributed by atoms with Crippen LogP contribution in [0.25, 0.3) is 0 Å². The third-order valence-electron chi connectivity index (χ3n) is 3.99. The van der Waals surface area contributed by atoms with Crippen LogP contribution in [0.4, 0.5) is 0 Å². The summed E-state index contributed by atoms with van der Waals surface area (Å²) in [6.07, 6.45) is 2.38. The normalized spacial score (nSPS) is 19.0. The maximum Gasteiger partial charge on any atom is 0.237 e. The van der Waals surface area contributed by atoms with Crippen molar-refractivity contribution in [2.24, 2.45) is 0 Å². The summed E-state index contributed by atoms with van der Waals surface area (Å²) in [7, 11) is 2.06. The number of hydrogen-bond donors (Lipinski definition) is 1. The standard InChI is InChI=1S/C15H24BrN3OS/c1-3-19(10-13-6-7-14(16)21-13)15(20)11-18(2)12-5-4-8-17-9-12/h6-7,12,17H,3-5,8-11H2,1-2H3. The second kappa shape index (κ2) is 8.27. The minimum absolute atomic E-state index is 0.218. The SMILES string of the molecule is CCN(Cc1ccc(Br)s1)C(=O)CN(C)C1CCCNC1. The number of thiophene rings is 1. The number of piperidine rings is 1. The molecule has 0 spiro atoms. The molecule has 21 heavy (non-hydrogen) atoms. The highest BCUT2D eigenvalue weighted by molar-refractivity contribution is 9.11. The Morgan fingerprint density at radius 3 is 2.90 bits per heavy atom. The van der Waals surface area contributed by atoms with Gasteiger partial charge in [-0.1, -0.05) is 0 Å². The van der Waals surface area contributed by atoms with E-state index < -0.39 is 0 Å². The summed E-state index contributed by atoms with van der Waals surface area (Å²) in [5.41, 5.74) is 0. The lowest BCUT2D eigenvalue weighted by atomic mass is 10.1. The Hall–Kier alpha value is -0.430. The first kappa shape index (κ1) is 16.9. The van der Waals surface area contributed by atoms with Crippen LogP contribution in [0.2, 0.25) is 0 Å². The molecule has 1 unspecified atom stereocenters. The van der Waals surface area contributed by atoms with E-state index in [1.165, 1.54) is 17.7 Å². The zero-order valence-corrected chi connectivity index (χ0v) is 15.2. The number of halogens is 1. The molecule has 1 aliphatic rings. The number of carbonyl (C=O) groups is 1. The monoisotopic (exact) mass is 373 g/mol. The molecule has 0 aliphatic carbocycles. The van der Waals surface area contributed by atoms with Crippen molar-refractivity contribution in [1.82, 2.24) is 15.1 Å². The largest absolute Gasteiger partial charge is 0.337 e. The molecular formula is C15H24BrN3OS. The van der Waals surface area contributed by atoms with Crippen molar-refractivity contribution in [2.45, 2.75) is 32.4 Å². The first-order valence-corrected chi connectivity index (χ1v) is 9.14. The molecule has 2 rings (SSSR count). The molecule has 1 aliphatic heterocycles. The van der Waals surface area contributed by atoms with E-state index in [0.29, 0.717) is 19.1 Å². The van der Waals surface area contributed by atoms with Crippen molar-refractivity contribution in [2.75, 3.05) is 33.2 Å². The molecule has 1 atom stereocenters. The van der Waals surface area contributed by atoms with Crippen LogP contribution in [0, 0.1) is 0 Å². The maximum absolute atomic E-state index is 12.5. The van der Waals surface area contributed by atoms with Crippen molar-refractivity contribution in [3.63, 3.8) is 0 Å². The van der Waals surface area contributed by atoms with Gasteiger partial charge in [0.25, 0.3) is 0 Å². The van der Waals surface area contributed by atoms with Gasteiger partial charge in [0, 0.05) is 24.0 Å². The van der Waals surface area contributed by atoms with E-state index in [2.05, 4.69) is 39.3 Å². The van der Waals surface area contributed by atoms with E-state index in [1.54, 1.807) is 11.3 Å². The van der Waals surface area contributed by atoms with Crippen molar-refractivity contribution in [3.8, 4) is 0 Å². The van der Waals surface area contributed by atoms with Gasteiger partial charge >= 0.3 is 0 Å². The maximum atomic E-state index is 12.5. The summed E-state index contributed by atoms with van der Waals surface area (Å²) in [5.74, 6) is 0.218. The van der Waals surface area contributed by atoms with Crippen LogP contribution in [0.15, 0.2) is 15.9 Å². The summed E-state index contributed by atoms with van der Waals surface area (Å²) in [4.78, 5) is 17.8. The minimum atomic E-state index is 0.218. The molecule has 1 fully saturated rings. The second-order valence-corrected chi connectivity index (χ2v) is 8.08. The number of likely N-dealkylation sites (N-methyl/N-ethyl adjacent to an activating group) is 2. The predicted octanol–water partition coefficient (Wildman–Crippen LogP) is 2.54. The van der Waals surface area contributed by atoms with Gasteiger partial charge in [-0.15, -0.1) is 11.3 Å². The number of rotatable bonds is 6. The van der Waals surface area contributed by atoms with Crippen molar-refractivity contribution in [1.29, 1.82) is 0 Å². The molecule has 2 heterocycles. The quantitative estimate of drug-likeness (QED) is 0.831. The van der Waals surface area contributed by atoms with Crippen LogP contribution >= 0.6 is 27.3 Å². The Labute approximate surface area is 139 Å². The molecule has 1 aromatic heterocycles. The lowest BCUT2D eigenvalue weighted by Crippen LogP contribution is -2.48. The second-order valence-electron chi connectivity index (χ2n) is 5.53. The summed E-state index contributed by atoms with van der Waals surface area (Å²) in [5, 5.41) is 3.40. The van der Waals surface area contributed by atoms with Crippen LogP contribution in [-0.2, 0) is 11.3 Å². The number of amides is 1. The highest BCUT2D eigenvalue weighted by atomic mass is 79.9. The van der Waals surface area contributed by atoms with Crippen LogP contribution in [0.5, 0.6) is 0 Å². The topological polar surface area (TPSA) is 35.6 Å². The highest BCUT2D eigenvalue weighted by Crippen LogP contribution is 2.23. The average Bonchev–Trinajstić information content (AvgIpc) is 2.90. The lowest BCUT2D eigenvalue weighted by molar-refractivity contribution is -0.133. The van der Waals surface area contributed by atoms with E-state index in [1.807, 2.05) is 17.9 Å². The zero-order chi connectivity index (χ0) is 15.2. The molecule has 1 N–H and O–H groups in total. The minimum Gasteiger partial charge on any atom is -0.337 e. The predicted molar refractivity (Wildman–Crippen MR) is 91.6 cm³/mol. The number of hydrogen-bond acceptors (Lipinski definition) is 4. The van der Waals surface area contributed by atoms with Crippen molar-refractivity contribution < 1.29 is 4.79 Å². The average molecular weight is 374 g/mol. The molecule has 0 radical (unpaired) electrons. The molecule has 0 aromatic carbocycles. The Morgan fingerprint density at radius 2 is 2.33 bits per heavy atom. The van der Waals surface area contributed by atoms with Gasteiger partial charge in [0.05, 0.1) is 16.9 Å². The van der Waals surface area contributed by atoms with Crippen molar-refractivity contribution in [3.05, 3.63) is 20.8 Å². The fourth-order valence-corrected chi connectivity index (χ4v) is 4.15. The lowest BCUT2D eigenvalue weighted by Gasteiger charge is -2.32. The Kier molecular flexibility index (Phi) is 6.67. The molecule has 1 saturated heterocycles. The molecule has 6 heteroatoms. The fraction of sp³-hybridized carbons (Fsp3) is 0.667. The van der Waals surface area contributed by atoms with E-state index in [9.17, 15) is 4.79 Å². The van der Waals surface area contributed by atoms with Gasteiger partial charge in [0.1, 0.15) is 0 Å². The van der Waals surface area contributed by atoms with E-state index in [0.717, 1.165) is 23.4 Å². The fourth-order valence-electron chi connectivity index (χ4n) is 2.65. The van der Waals surface area contributed by atoms with Gasteiger partial charge < -0.3 is 10.2 Å². The summed E-state index contributed by atoms with van der Waals surface area (Å²) in [6, 6.07) is 4.61. The molecule has 1 aromatic rings. The number of carbonyl (C=O) groups excluding carboxylic acids is 1. The van der Waals surface area contributed by atoms with Gasteiger partial charge in [-0.25, -0.2) is 0 Å². The van der Waals surface area contributed by atoms with Crippen molar-refractivity contribution >= 4 is 33.2 Å². The molecule has 118 valence electrons. The number of nitrogens with one attached hydrogen (secondary N) is 1. The third kappa shape index (κ3) is 5.06. The van der Waals surface area contributed by atoms with E-state index in [4.69, 9.17) is 0 Å². The Morgan fingerprint density at radius 1 is 1.52 bits per heavy atom. The van der Waals surface area contributed by atoms with Gasteiger partial charge in [0.15, 0.2) is 0 Å². The van der Waals surface area contributed by atoms with Gasteiger partial charge in [-0.05, 0) is 61.4 Å². The smallest absolute Gasteiger partial charge is 0.237 e. The first-order chi connectivity index (χ1) is 10.1. The van der Waals surface area contributed by atoms with E-state index in [-0.39, 0.29) is 5.91 Å². The third-order valence-corrected chi connectivity index (χ3v) is 5.60. The van der Waals surface area contributed by atoms with Gasteiger partial charge in [0.2, 0.25) is 5.91 Å². The van der Waals surface area contributed by atoms with Crippen LogP contribution in [-0.4, -0.2) is 55.0 Å². The summed E-state index contributed by atoms with van der Waals surface area (Å²) < 4.78 is 1.12. The zero-order valence-electron chi connectivity index (χ0n) is 12.8. The molecule has 0 saturated carbocycles. The van der Waals surface area contributed by atoms with Gasteiger partial charge in [-0.3, -0.25) is 9.69 Å². The summed E-state index contributed by atoms with van der Waals surface area (Å²) in [6.45, 7) is 6.11. The Balaban J connectivity index is 1.87. The molecule has 1 amide bonds. The van der Waals surface area contributed by atoms with Crippen LogP contribution in [0.1, 0.15) is 24.6 Å². The van der Waals surface area contributed by atoms with E-state index >= 15 is 0 Å².